The van der Waals surface area contributed by atoms with Gasteiger partial charge >= 0.3 is 0 Å². The molecule has 0 saturated carbocycles. The zero-order valence-corrected chi connectivity index (χ0v) is 14.4. The molecule has 118 valence electrons. The maximum absolute atomic E-state index is 12.1. The van der Waals surface area contributed by atoms with Crippen LogP contribution in [0.15, 0.2) is 16.9 Å². The lowest BCUT2D eigenvalue weighted by Gasteiger charge is -2.06. The number of H-pyrrole nitrogens is 1. The van der Waals surface area contributed by atoms with Crippen LogP contribution < -0.4 is 21.4 Å². The van der Waals surface area contributed by atoms with Crippen LogP contribution >= 0.6 is 23.2 Å². The average molecular weight is 341 g/mol. The van der Waals surface area contributed by atoms with Crippen LogP contribution in [0.1, 0.15) is 5.56 Å². The smallest absolute Gasteiger partial charge is 0.275 e. The highest BCUT2D eigenvalue weighted by Crippen LogP contribution is 2.28. The van der Waals surface area contributed by atoms with Crippen molar-refractivity contribution in [2.24, 2.45) is 7.05 Å². The van der Waals surface area contributed by atoms with E-state index in [4.69, 9.17) is 23.2 Å². The quantitative estimate of drug-likeness (QED) is 0.889. The molecule has 2 rings (SSSR count). The third kappa shape index (κ3) is 3.48. The van der Waals surface area contributed by atoms with Gasteiger partial charge in [0.2, 0.25) is 0 Å². The predicted octanol–water partition coefficient (Wildman–Crippen LogP) is 1.48. The molecule has 0 atom stereocenters. The largest absolute Gasteiger partial charge is 0.383 e. The van der Waals surface area contributed by atoms with E-state index < -0.39 is 0 Å². The molecule has 2 aromatic rings. The third-order valence-corrected chi connectivity index (χ3v) is 3.84. The number of hydrogen-bond donors (Lipinski definition) is 2. The van der Waals surface area contributed by atoms with E-state index in [0.717, 1.165) is 11.3 Å². The normalized spacial score (nSPS) is 12.8. The van der Waals surface area contributed by atoms with E-state index in [1.54, 1.807) is 25.5 Å². The van der Waals surface area contributed by atoms with Crippen LogP contribution in [-0.2, 0) is 7.05 Å². The van der Waals surface area contributed by atoms with Gasteiger partial charge in [0.15, 0.2) is 0 Å². The van der Waals surface area contributed by atoms with Gasteiger partial charge in [-0.3, -0.25) is 14.6 Å². The summed E-state index contributed by atoms with van der Waals surface area (Å²) in [5.74, 6) is 0. The molecule has 0 aliphatic carbocycles. The van der Waals surface area contributed by atoms with E-state index in [2.05, 4.69) is 10.4 Å². The average Bonchev–Trinajstić information content (AvgIpc) is 2.69. The summed E-state index contributed by atoms with van der Waals surface area (Å²) in [6.45, 7) is 1.90. The molecule has 0 radical (unpaired) electrons. The van der Waals surface area contributed by atoms with Gasteiger partial charge in [-0.25, -0.2) is 0 Å². The molecule has 1 aromatic heterocycles. The van der Waals surface area contributed by atoms with Crippen LogP contribution in [0.25, 0.3) is 12.4 Å². The number of aromatic nitrogens is 2. The van der Waals surface area contributed by atoms with E-state index in [0.29, 0.717) is 20.6 Å². The van der Waals surface area contributed by atoms with Crippen molar-refractivity contribution < 1.29 is 0 Å². The molecule has 0 amide bonds. The number of anilines is 1. The van der Waals surface area contributed by atoms with Crippen molar-refractivity contribution in [3.8, 4) is 0 Å². The maximum atomic E-state index is 12.1. The van der Waals surface area contributed by atoms with Gasteiger partial charge in [-0.1, -0.05) is 23.2 Å². The van der Waals surface area contributed by atoms with Crippen molar-refractivity contribution >= 4 is 41.3 Å². The van der Waals surface area contributed by atoms with Gasteiger partial charge in [-0.15, -0.1) is 0 Å². The first kappa shape index (κ1) is 16.5. The Morgan fingerprint density at radius 1 is 1.27 bits per heavy atom. The van der Waals surface area contributed by atoms with E-state index in [-0.39, 0.29) is 5.56 Å². The fourth-order valence-corrected chi connectivity index (χ4v) is 2.44. The van der Waals surface area contributed by atoms with E-state index in [1.807, 2.05) is 32.0 Å². The molecule has 0 aliphatic heterocycles. The van der Waals surface area contributed by atoms with Gasteiger partial charge < -0.3 is 10.2 Å². The van der Waals surface area contributed by atoms with Gasteiger partial charge in [0.1, 0.15) is 0 Å². The molecule has 0 aliphatic rings. The standard InChI is InChI=1S/C15H18Cl2N4O/c1-9-5-13(12(17)6-11(9)16)18-7-14-10(8-20(2)3)15(22)21(4)19-14/h5-8,18-19H,1-4H3/b10-8?,14-7-. The fourth-order valence-electron chi connectivity index (χ4n) is 2.00. The lowest BCUT2D eigenvalue weighted by Crippen LogP contribution is -2.36. The summed E-state index contributed by atoms with van der Waals surface area (Å²) in [5.41, 5.74) is 1.55. The summed E-state index contributed by atoms with van der Waals surface area (Å²) < 4.78 is 1.43. The van der Waals surface area contributed by atoms with Crippen molar-refractivity contribution in [3.05, 3.63) is 48.7 Å². The molecule has 0 fully saturated rings. The molecule has 0 unspecified atom stereocenters. The Labute approximate surface area is 138 Å². The highest BCUT2D eigenvalue weighted by Gasteiger charge is 2.04. The molecule has 0 spiro atoms. The molecule has 0 saturated heterocycles. The second kappa shape index (κ2) is 6.50. The highest BCUT2D eigenvalue weighted by atomic mass is 35.5. The first-order valence-electron chi connectivity index (χ1n) is 6.65. The summed E-state index contributed by atoms with van der Waals surface area (Å²) in [5, 5.41) is 8.48. The zero-order chi connectivity index (χ0) is 16.4. The predicted molar refractivity (Wildman–Crippen MR) is 92.7 cm³/mol. The number of aromatic amines is 1. The molecule has 1 aromatic carbocycles. The minimum Gasteiger partial charge on any atom is -0.383 e. The van der Waals surface area contributed by atoms with Crippen LogP contribution in [0.5, 0.6) is 0 Å². The lowest BCUT2D eigenvalue weighted by molar-refractivity contribution is 0.613. The van der Waals surface area contributed by atoms with Crippen LogP contribution in [0, 0.1) is 6.92 Å². The van der Waals surface area contributed by atoms with Crippen LogP contribution in [0.3, 0.4) is 0 Å². The first-order chi connectivity index (χ1) is 10.3. The number of hydrogen-bond acceptors (Lipinski definition) is 3. The second-order valence-corrected chi connectivity index (χ2v) is 6.08. The molecule has 5 nitrogen and oxygen atoms in total. The number of aryl methyl sites for hydroxylation is 2. The molecule has 2 N–H and O–H groups in total. The maximum Gasteiger partial charge on any atom is 0.275 e. The Morgan fingerprint density at radius 3 is 2.59 bits per heavy atom. The van der Waals surface area contributed by atoms with Crippen molar-refractivity contribution in [2.75, 3.05) is 19.4 Å². The van der Waals surface area contributed by atoms with E-state index in [9.17, 15) is 4.79 Å². The SMILES string of the molecule is Cc1cc(N/C=c2\[nH]n(C)c(=O)c2=CN(C)C)c(Cl)cc1Cl. The number of benzene rings is 1. The van der Waals surface area contributed by atoms with Gasteiger partial charge in [0, 0.05) is 38.6 Å². The molecular weight excluding hydrogens is 323 g/mol. The van der Waals surface area contributed by atoms with Crippen molar-refractivity contribution in [1.29, 1.82) is 0 Å². The van der Waals surface area contributed by atoms with Gasteiger partial charge in [-0.2, -0.15) is 0 Å². The molecule has 0 bridgehead atoms. The minimum absolute atomic E-state index is 0.0971. The van der Waals surface area contributed by atoms with Gasteiger partial charge in [-0.05, 0) is 24.6 Å². The third-order valence-electron chi connectivity index (χ3n) is 3.12. The minimum atomic E-state index is -0.0971. The Balaban J connectivity index is 2.50. The lowest BCUT2D eigenvalue weighted by atomic mass is 10.2. The number of rotatable bonds is 3. The van der Waals surface area contributed by atoms with Crippen LogP contribution in [-0.4, -0.2) is 28.8 Å². The second-order valence-electron chi connectivity index (χ2n) is 5.27. The zero-order valence-electron chi connectivity index (χ0n) is 12.9. The number of nitrogens with one attached hydrogen (secondary N) is 2. The number of nitrogens with zero attached hydrogens (tertiary/aromatic N) is 2. The molecule has 22 heavy (non-hydrogen) atoms. The summed E-state index contributed by atoms with van der Waals surface area (Å²) in [6, 6.07) is 3.55. The van der Waals surface area contributed by atoms with Crippen molar-refractivity contribution in [1.82, 2.24) is 14.7 Å². The van der Waals surface area contributed by atoms with Gasteiger partial charge in [0.05, 0.1) is 21.3 Å². The van der Waals surface area contributed by atoms with Crippen LogP contribution in [0.2, 0.25) is 10.0 Å². The fraction of sp³-hybridized carbons (Fsp3) is 0.267. The first-order valence-corrected chi connectivity index (χ1v) is 7.41. The Bertz CT molecular complexity index is 865. The van der Waals surface area contributed by atoms with E-state index >= 15 is 0 Å². The van der Waals surface area contributed by atoms with Crippen LogP contribution in [0.4, 0.5) is 5.69 Å². The van der Waals surface area contributed by atoms with E-state index in [1.165, 1.54) is 4.68 Å². The Hall–Kier alpha value is -1.85. The summed E-state index contributed by atoms with van der Waals surface area (Å²) in [4.78, 5) is 13.9. The number of halogens is 2. The Kier molecular flexibility index (Phi) is 4.88. The molecular formula is C15H18Cl2N4O. The van der Waals surface area contributed by atoms with Gasteiger partial charge in [0.25, 0.3) is 5.56 Å². The summed E-state index contributed by atoms with van der Waals surface area (Å²) in [6.07, 6.45) is 3.48. The van der Waals surface area contributed by atoms with Crippen molar-refractivity contribution in [2.45, 2.75) is 6.92 Å². The Morgan fingerprint density at radius 2 is 1.95 bits per heavy atom. The highest BCUT2D eigenvalue weighted by molar-refractivity contribution is 6.36. The summed E-state index contributed by atoms with van der Waals surface area (Å²) in [7, 11) is 5.40. The molecule has 7 heteroatoms. The topological polar surface area (TPSA) is 53.1 Å². The summed E-state index contributed by atoms with van der Waals surface area (Å²) >= 11 is 12.2. The monoisotopic (exact) mass is 340 g/mol. The van der Waals surface area contributed by atoms with Crippen molar-refractivity contribution in [3.63, 3.8) is 0 Å². The molecule has 1 heterocycles.